The van der Waals surface area contributed by atoms with Crippen molar-refractivity contribution in [1.29, 1.82) is 0 Å². The third-order valence-corrected chi connectivity index (χ3v) is 5.86. The highest BCUT2D eigenvalue weighted by atomic mass is 19.4. The maximum atomic E-state index is 11.3. The van der Waals surface area contributed by atoms with E-state index in [2.05, 4.69) is 28.9 Å². The summed E-state index contributed by atoms with van der Waals surface area (Å²) in [4.78, 5) is 26.1. The molecule has 1 amide bonds. The van der Waals surface area contributed by atoms with Crippen LogP contribution in [0.2, 0.25) is 0 Å². The number of hydrogen-bond donors (Lipinski definition) is 2. The monoisotopic (exact) mass is 474 g/mol. The van der Waals surface area contributed by atoms with Crippen LogP contribution in [0.4, 0.5) is 13.2 Å². The maximum absolute atomic E-state index is 11.3. The number of alkyl halides is 3. The fourth-order valence-electron chi connectivity index (χ4n) is 4.05. The molecule has 1 aromatic rings. The van der Waals surface area contributed by atoms with Gasteiger partial charge in [0, 0.05) is 12.6 Å². The molecule has 0 bridgehead atoms. The van der Waals surface area contributed by atoms with Crippen LogP contribution in [0.15, 0.2) is 24.3 Å². The lowest BCUT2D eigenvalue weighted by atomic mass is 10.1. The van der Waals surface area contributed by atoms with Crippen molar-refractivity contribution < 1.29 is 27.5 Å². The SMILES string of the molecule is CCN(CC[C@H]1CCC(C(N)=O)N1C)CC(N)C=O.FC(F)F.c1ccc2c(c1)CCCO2. The standard InChI is InChI=1S/C13H26N4O2.C9H10O.CHF3/c1-3-17(8-10(14)9-18)7-6-11-4-5-12(13(15)19)16(11)2;1-2-6-9-8(4-1)5-3-7-10-9;2-1(3)4/h9-12H,3-8,14H2,1-2H3,(H2,15,19);1-2,4,6H,3,5,7H2;1H/t10?,11-,12?;;/m1../s1. The predicted molar refractivity (Wildman–Crippen MR) is 122 cm³/mol. The highest BCUT2D eigenvalue weighted by Gasteiger charge is 2.33. The van der Waals surface area contributed by atoms with Crippen LogP contribution in [0.5, 0.6) is 5.75 Å². The van der Waals surface area contributed by atoms with Gasteiger partial charge in [0.1, 0.15) is 12.0 Å². The fraction of sp³-hybridized carbons (Fsp3) is 0.652. The molecular weight excluding hydrogens is 437 g/mol. The van der Waals surface area contributed by atoms with Gasteiger partial charge in [0.05, 0.1) is 18.7 Å². The second kappa shape index (κ2) is 15.6. The van der Waals surface area contributed by atoms with Crippen molar-refractivity contribution in [3.05, 3.63) is 29.8 Å². The summed E-state index contributed by atoms with van der Waals surface area (Å²) in [6.45, 7) is 1.63. The highest BCUT2D eigenvalue weighted by Crippen LogP contribution is 2.24. The van der Waals surface area contributed by atoms with Crippen molar-refractivity contribution in [3.8, 4) is 5.75 Å². The molecule has 3 rings (SSSR count). The van der Waals surface area contributed by atoms with Crippen molar-refractivity contribution >= 4 is 12.2 Å². The van der Waals surface area contributed by atoms with E-state index in [1.54, 1.807) is 0 Å². The van der Waals surface area contributed by atoms with E-state index in [1.165, 1.54) is 12.0 Å². The summed E-state index contributed by atoms with van der Waals surface area (Å²) in [6.07, 6.45) is 5.94. The normalized spacial score (nSPS) is 20.6. The maximum Gasteiger partial charge on any atom is 0.379 e. The van der Waals surface area contributed by atoms with Crippen LogP contribution in [0.1, 0.15) is 38.2 Å². The zero-order valence-corrected chi connectivity index (χ0v) is 19.5. The number of benzene rings is 1. The third-order valence-electron chi connectivity index (χ3n) is 5.86. The number of para-hydroxylation sites is 1. The molecule has 1 aromatic carbocycles. The molecule has 3 atom stereocenters. The van der Waals surface area contributed by atoms with Gasteiger partial charge in [-0.15, -0.1) is 0 Å². The number of hydrogen-bond acceptors (Lipinski definition) is 6. The van der Waals surface area contributed by atoms with E-state index in [4.69, 9.17) is 16.2 Å². The minimum absolute atomic E-state index is 0.127. The van der Waals surface area contributed by atoms with E-state index in [-0.39, 0.29) is 11.9 Å². The number of likely N-dealkylation sites (tertiary alicyclic amines) is 1. The molecule has 0 aromatic heterocycles. The summed E-state index contributed by atoms with van der Waals surface area (Å²) in [6, 6.07) is 8.09. The first-order chi connectivity index (χ1) is 15.7. The van der Waals surface area contributed by atoms with Gasteiger partial charge in [-0.25, -0.2) is 0 Å². The molecular formula is C23H37F3N4O3. The molecule has 33 heavy (non-hydrogen) atoms. The number of ether oxygens (including phenoxy) is 1. The van der Waals surface area contributed by atoms with Gasteiger partial charge in [-0.2, -0.15) is 13.2 Å². The van der Waals surface area contributed by atoms with E-state index in [0.29, 0.717) is 12.6 Å². The minimum atomic E-state index is -3.67. The number of aldehydes is 1. The van der Waals surface area contributed by atoms with Crippen LogP contribution in [0.25, 0.3) is 0 Å². The number of carbonyl (C=O) groups excluding carboxylic acids is 2. The topological polar surface area (TPSA) is 102 Å². The lowest BCUT2D eigenvalue weighted by molar-refractivity contribution is -0.122. The Bertz CT molecular complexity index is 684. The zero-order chi connectivity index (χ0) is 24.8. The molecule has 2 heterocycles. The molecule has 0 spiro atoms. The molecule has 1 saturated heterocycles. The number of likely N-dealkylation sites (N-methyl/N-ethyl adjacent to an activating group) is 2. The van der Waals surface area contributed by atoms with E-state index in [1.807, 2.05) is 19.2 Å². The molecule has 2 aliphatic rings. The molecule has 10 heteroatoms. The average molecular weight is 475 g/mol. The van der Waals surface area contributed by atoms with Crippen LogP contribution in [-0.2, 0) is 16.0 Å². The summed E-state index contributed by atoms with van der Waals surface area (Å²) in [5.74, 6) is 0.842. The Kier molecular flexibility index (Phi) is 13.7. The van der Waals surface area contributed by atoms with Gasteiger partial charge < -0.3 is 25.9 Å². The minimum Gasteiger partial charge on any atom is -0.493 e. The zero-order valence-electron chi connectivity index (χ0n) is 19.5. The number of rotatable bonds is 8. The van der Waals surface area contributed by atoms with E-state index in [9.17, 15) is 22.8 Å². The Hall–Kier alpha value is -2.17. The number of carbonyl (C=O) groups is 2. The summed E-state index contributed by atoms with van der Waals surface area (Å²) in [5, 5.41) is 0. The van der Waals surface area contributed by atoms with Crippen molar-refractivity contribution in [2.75, 3.05) is 33.3 Å². The molecule has 1 fully saturated rings. The molecule has 188 valence electrons. The number of amides is 1. The highest BCUT2D eigenvalue weighted by molar-refractivity contribution is 5.80. The first kappa shape index (κ1) is 28.9. The van der Waals surface area contributed by atoms with Gasteiger partial charge in [0.25, 0.3) is 0 Å². The number of nitrogens with two attached hydrogens (primary N) is 2. The molecule has 2 unspecified atom stereocenters. The number of primary amides is 1. The van der Waals surface area contributed by atoms with Crippen LogP contribution in [-0.4, -0.2) is 80.1 Å². The molecule has 0 saturated carbocycles. The van der Waals surface area contributed by atoms with E-state index >= 15 is 0 Å². The van der Waals surface area contributed by atoms with Gasteiger partial charge in [0.15, 0.2) is 0 Å². The lowest BCUT2D eigenvalue weighted by Gasteiger charge is -2.27. The van der Waals surface area contributed by atoms with Crippen LogP contribution < -0.4 is 16.2 Å². The Balaban J connectivity index is 0.000000320. The smallest absolute Gasteiger partial charge is 0.379 e. The lowest BCUT2D eigenvalue weighted by Crippen LogP contribution is -2.43. The van der Waals surface area contributed by atoms with Crippen molar-refractivity contribution in [3.63, 3.8) is 0 Å². The van der Waals surface area contributed by atoms with E-state index in [0.717, 1.165) is 57.4 Å². The Morgan fingerprint density at radius 3 is 2.52 bits per heavy atom. The average Bonchev–Trinajstić information content (AvgIpc) is 3.17. The summed E-state index contributed by atoms with van der Waals surface area (Å²) in [7, 11) is 1.96. The molecule has 0 aliphatic carbocycles. The van der Waals surface area contributed by atoms with Crippen LogP contribution >= 0.6 is 0 Å². The molecule has 4 N–H and O–H groups in total. The number of nitrogens with zero attached hydrogens (tertiary/aromatic N) is 2. The number of fused-ring (bicyclic) bond motifs is 1. The summed E-state index contributed by atoms with van der Waals surface area (Å²) in [5.41, 5.74) is 12.4. The van der Waals surface area contributed by atoms with Crippen LogP contribution in [0, 0.1) is 0 Å². The van der Waals surface area contributed by atoms with Gasteiger partial charge in [-0.05, 0) is 63.9 Å². The molecule has 7 nitrogen and oxygen atoms in total. The second-order valence-electron chi connectivity index (χ2n) is 8.10. The van der Waals surface area contributed by atoms with Gasteiger partial charge in [-0.3, -0.25) is 9.69 Å². The van der Waals surface area contributed by atoms with E-state index < -0.39 is 12.7 Å². The molecule has 2 aliphatic heterocycles. The van der Waals surface area contributed by atoms with Gasteiger partial charge in [-0.1, -0.05) is 25.1 Å². The van der Waals surface area contributed by atoms with Crippen molar-refractivity contribution in [2.24, 2.45) is 11.5 Å². The fourth-order valence-corrected chi connectivity index (χ4v) is 4.05. The number of halogens is 3. The van der Waals surface area contributed by atoms with Gasteiger partial charge in [0.2, 0.25) is 5.91 Å². The van der Waals surface area contributed by atoms with Crippen LogP contribution in [0.3, 0.4) is 0 Å². The van der Waals surface area contributed by atoms with Crippen molar-refractivity contribution in [1.82, 2.24) is 9.80 Å². The Labute approximate surface area is 194 Å². The number of aryl methyl sites for hydroxylation is 1. The van der Waals surface area contributed by atoms with Crippen molar-refractivity contribution in [2.45, 2.75) is 63.8 Å². The first-order valence-corrected chi connectivity index (χ1v) is 11.3. The second-order valence-corrected chi connectivity index (χ2v) is 8.10. The predicted octanol–water partition coefficient (Wildman–Crippen LogP) is 2.36. The summed E-state index contributed by atoms with van der Waals surface area (Å²) < 4.78 is 34.4. The third kappa shape index (κ3) is 11.0. The quantitative estimate of drug-likeness (QED) is 0.561. The first-order valence-electron chi connectivity index (χ1n) is 11.3. The summed E-state index contributed by atoms with van der Waals surface area (Å²) >= 11 is 0. The Morgan fingerprint density at radius 2 is 1.97 bits per heavy atom. The largest absolute Gasteiger partial charge is 0.493 e. The molecule has 0 radical (unpaired) electrons. The Morgan fingerprint density at radius 1 is 1.30 bits per heavy atom. The van der Waals surface area contributed by atoms with Gasteiger partial charge >= 0.3 is 6.68 Å².